The maximum Gasteiger partial charge on any atom is 0.191 e. The number of ether oxygens (including phenoxy) is 1. The minimum atomic E-state index is 0.606. The average molecular weight is 326 g/mol. The Morgan fingerprint density at radius 1 is 1.47 bits per heavy atom. The number of methoxy groups -OCH3 is 1. The Hall–Kier alpha value is -1.49. The van der Waals surface area contributed by atoms with Crippen molar-refractivity contribution >= 4 is 21.9 Å². The molecular formula is C14H20BrN3O. The lowest BCUT2D eigenvalue weighted by molar-refractivity contribution is 0.412. The SMILES string of the molecule is C=CCNC(=NCc1ccc(OC)c(Br)c1)NCC. The van der Waals surface area contributed by atoms with Gasteiger partial charge in [-0.2, -0.15) is 0 Å². The van der Waals surface area contributed by atoms with Gasteiger partial charge in [0.15, 0.2) is 5.96 Å². The molecule has 0 spiro atoms. The highest BCUT2D eigenvalue weighted by molar-refractivity contribution is 9.10. The molecule has 0 aliphatic heterocycles. The second-order valence-corrected chi connectivity index (χ2v) is 4.69. The molecule has 0 unspecified atom stereocenters. The fourth-order valence-corrected chi connectivity index (χ4v) is 2.08. The van der Waals surface area contributed by atoms with E-state index < -0.39 is 0 Å². The van der Waals surface area contributed by atoms with Gasteiger partial charge in [-0.25, -0.2) is 4.99 Å². The van der Waals surface area contributed by atoms with E-state index in [2.05, 4.69) is 38.1 Å². The van der Waals surface area contributed by atoms with Gasteiger partial charge in [0.2, 0.25) is 0 Å². The second kappa shape index (κ2) is 8.58. The number of hydrogen-bond acceptors (Lipinski definition) is 2. The van der Waals surface area contributed by atoms with Crippen molar-refractivity contribution in [2.24, 2.45) is 4.99 Å². The van der Waals surface area contributed by atoms with Crippen LogP contribution in [0.5, 0.6) is 5.75 Å². The number of rotatable bonds is 6. The first-order chi connectivity index (χ1) is 9.21. The Morgan fingerprint density at radius 3 is 2.84 bits per heavy atom. The zero-order valence-electron chi connectivity index (χ0n) is 11.4. The predicted molar refractivity (Wildman–Crippen MR) is 83.7 cm³/mol. The van der Waals surface area contributed by atoms with Crippen LogP contribution in [0, 0.1) is 0 Å². The summed E-state index contributed by atoms with van der Waals surface area (Å²) in [5.41, 5.74) is 1.11. The summed E-state index contributed by atoms with van der Waals surface area (Å²) in [6.07, 6.45) is 1.80. The minimum Gasteiger partial charge on any atom is -0.496 e. The van der Waals surface area contributed by atoms with Crippen LogP contribution < -0.4 is 15.4 Å². The van der Waals surface area contributed by atoms with Gasteiger partial charge in [0.25, 0.3) is 0 Å². The fraction of sp³-hybridized carbons (Fsp3) is 0.357. The molecule has 2 N–H and O–H groups in total. The fourth-order valence-electron chi connectivity index (χ4n) is 1.49. The van der Waals surface area contributed by atoms with Crippen molar-refractivity contribution in [3.05, 3.63) is 40.9 Å². The van der Waals surface area contributed by atoms with Gasteiger partial charge in [0.05, 0.1) is 18.1 Å². The highest BCUT2D eigenvalue weighted by Crippen LogP contribution is 2.25. The van der Waals surface area contributed by atoms with Crippen molar-refractivity contribution in [1.29, 1.82) is 0 Å². The van der Waals surface area contributed by atoms with Crippen molar-refractivity contribution in [3.8, 4) is 5.75 Å². The summed E-state index contributed by atoms with van der Waals surface area (Å²) >= 11 is 3.47. The average Bonchev–Trinajstić information content (AvgIpc) is 2.42. The van der Waals surface area contributed by atoms with Crippen molar-refractivity contribution < 1.29 is 4.74 Å². The number of benzene rings is 1. The van der Waals surface area contributed by atoms with Crippen molar-refractivity contribution in [2.75, 3.05) is 20.2 Å². The molecule has 0 saturated heterocycles. The molecule has 1 rings (SSSR count). The Bertz CT molecular complexity index is 446. The first-order valence-corrected chi connectivity index (χ1v) is 6.96. The van der Waals surface area contributed by atoms with Crippen molar-refractivity contribution in [3.63, 3.8) is 0 Å². The molecule has 0 saturated carbocycles. The van der Waals surface area contributed by atoms with Crippen LogP contribution >= 0.6 is 15.9 Å². The summed E-state index contributed by atoms with van der Waals surface area (Å²) in [5, 5.41) is 6.34. The van der Waals surface area contributed by atoms with E-state index in [-0.39, 0.29) is 0 Å². The van der Waals surface area contributed by atoms with Crippen LogP contribution in [0.25, 0.3) is 0 Å². The van der Waals surface area contributed by atoms with E-state index in [0.29, 0.717) is 13.1 Å². The molecular weight excluding hydrogens is 306 g/mol. The molecule has 0 fully saturated rings. The standard InChI is InChI=1S/C14H20BrN3O/c1-4-8-17-14(16-5-2)18-10-11-6-7-13(19-3)12(15)9-11/h4,6-7,9H,1,5,8,10H2,2-3H3,(H2,16,17,18). The summed E-state index contributed by atoms with van der Waals surface area (Å²) in [6.45, 7) is 7.84. The Kier molecular flexibility index (Phi) is 7.03. The van der Waals surface area contributed by atoms with Gasteiger partial charge < -0.3 is 15.4 Å². The zero-order valence-corrected chi connectivity index (χ0v) is 13.0. The second-order valence-electron chi connectivity index (χ2n) is 3.83. The Labute approximate surface area is 123 Å². The maximum absolute atomic E-state index is 5.20. The lowest BCUT2D eigenvalue weighted by Crippen LogP contribution is -2.37. The summed E-state index contributed by atoms with van der Waals surface area (Å²) in [4.78, 5) is 4.50. The molecule has 0 amide bonds. The first kappa shape index (κ1) is 15.6. The van der Waals surface area contributed by atoms with Crippen molar-refractivity contribution in [1.82, 2.24) is 10.6 Å². The molecule has 0 heterocycles. The summed E-state index contributed by atoms with van der Waals surface area (Å²) < 4.78 is 6.14. The molecule has 0 radical (unpaired) electrons. The molecule has 0 bridgehead atoms. The molecule has 0 aliphatic rings. The largest absolute Gasteiger partial charge is 0.496 e. The van der Waals surface area contributed by atoms with Gasteiger partial charge in [-0.05, 0) is 40.5 Å². The van der Waals surface area contributed by atoms with Gasteiger partial charge >= 0.3 is 0 Å². The van der Waals surface area contributed by atoms with Crippen LogP contribution in [0.15, 0.2) is 40.3 Å². The van der Waals surface area contributed by atoms with Crippen molar-refractivity contribution in [2.45, 2.75) is 13.5 Å². The number of hydrogen-bond donors (Lipinski definition) is 2. The quantitative estimate of drug-likeness (QED) is 0.480. The van der Waals surface area contributed by atoms with Crippen LogP contribution in [-0.2, 0) is 6.54 Å². The smallest absolute Gasteiger partial charge is 0.191 e. The van der Waals surface area contributed by atoms with Gasteiger partial charge in [0.1, 0.15) is 5.75 Å². The highest BCUT2D eigenvalue weighted by atomic mass is 79.9. The molecule has 19 heavy (non-hydrogen) atoms. The van der Waals surface area contributed by atoms with Gasteiger partial charge in [-0.1, -0.05) is 12.1 Å². The van der Waals surface area contributed by atoms with Crippen LogP contribution in [-0.4, -0.2) is 26.2 Å². The Balaban J connectivity index is 2.70. The number of nitrogens with zero attached hydrogens (tertiary/aromatic N) is 1. The molecule has 104 valence electrons. The van der Waals surface area contributed by atoms with E-state index in [1.165, 1.54) is 0 Å². The molecule has 4 nitrogen and oxygen atoms in total. The summed E-state index contributed by atoms with van der Waals surface area (Å²) in [5.74, 6) is 1.61. The number of guanidine groups is 1. The molecule has 1 aromatic rings. The van der Waals surface area contributed by atoms with E-state index in [9.17, 15) is 0 Å². The molecule has 0 aliphatic carbocycles. The van der Waals surface area contributed by atoms with Crippen LogP contribution in [0.2, 0.25) is 0 Å². The first-order valence-electron chi connectivity index (χ1n) is 6.16. The van der Waals surface area contributed by atoms with Crippen LogP contribution in [0.3, 0.4) is 0 Å². The normalized spacial score (nSPS) is 11.0. The third-order valence-electron chi connectivity index (χ3n) is 2.39. The molecule has 0 aromatic heterocycles. The summed E-state index contributed by atoms with van der Waals surface area (Å²) in [7, 11) is 1.65. The lowest BCUT2D eigenvalue weighted by Gasteiger charge is -2.10. The molecule has 5 heteroatoms. The maximum atomic E-state index is 5.20. The van der Waals surface area contributed by atoms with E-state index >= 15 is 0 Å². The van der Waals surface area contributed by atoms with E-state index in [0.717, 1.165) is 28.3 Å². The monoisotopic (exact) mass is 325 g/mol. The minimum absolute atomic E-state index is 0.606. The molecule has 0 atom stereocenters. The van der Waals surface area contributed by atoms with E-state index in [4.69, 9.17) is 4.74 Å². The predicted octanol–water partition coefficient (Wildman–Crippen LogP) is 2.70. The third kappa shape index (κ3) is 5.34. The van der Waals surface area contributed by atoms with Crippen LogP contribution in [0.4, 0.5) is 0 Å². The van der Waals surface area contributed by atoms with Gasteiger partial charge in [-0.3, -0.25) is 0 Å². The van der Waals surface area contributed by atoms with Crippen LogP contribution in [0.1, 0.15) is 12.5 Å². The third-order valence-corrected chi connectivity index (χ3v) is 3.01. The topological polar surface area (TPSA) is 45.7 Å². The van der Waals surface area contributed by atoms with Gasteiger partial charge in [0, 0.05) is 13.1 Å². The lowest BCUT2D eigenvalue weighted by atomic mass is 10.2. The highest BCUT2D eigenvalue weighted by Gasteiger charge is 2.01. The van der Waals surface area contributed by atoms with E-state index in [1.54, 1.807) is 13.2 Å². The number of halogens is 1. The summed E-state index contributed by atoms with van der Waals surface area (Å²) in [6, 6.07) is 5.95. The number of aliphatic imine (C=N–C) groups is 1. The molecule has 1 aromatic carbocycles. The Morgan fingerprint density at radius 2 is 2.26 bits per heavy atom. The van der Waals surface area contributed by atoms with E-state index in [1.807, 2.05) is 25.1 Å². The van der Waals surface area contributed by atoms with Gasteiger partial charge in [-0.15, -0.1) is 6.58 Å². The number of nitrogens with one attached hydrogen (secondary N) is 2. The zero-order chi connectivity index (χ0) is 14.1.